The lowest BCUT2D eigenvalue weighted by Crippen LogP contribution is -2.51. The average Bonchev–Trinajstić information content (AvgIpc) is 2.75. The third-order valence-electron chi connectivity index (χ3n) is 5.44. The summed E-state index contributed by atoms with van der Waals surface area (Å²) in [5.41, 5.74) is 2.90. The van der Waals surface area contributed by atoms with Crippen molar-refractivity contribution < 1.29 is 18.0 Å². The molecule has 0 saturated carbocycles. The van der Waals surface area contributed by atoms with Gasteiger partial charge in [-0.05, 0) is 49.9 Å². The fourth-order valence-electron chi connectivity index (χ4n) is 3.37. The summed E-state index contributed by atoms with van der Waals surface area (Å²) in [6, 6.07) is 11.7. The molecule has 0 fully saturated rings. The van der Waals surface area contributed by atoms with Gasteiger partial charge in [0.25, 0.3) is 0 Å². The molecule has 0 bridgehead atoms. The van der Waals surface area contributed by atoms with E-state index in [0.29, 0.717) is 22.8 Å². The second kappa shape index (κ2) is 11.7. The topological polar surface area (TPSA) is 86.8 Å². The molecular weight excluding hydrogens is 474 g/mol. The Labute approximate surface area is 208 Å². The number of amides is 2. The summed E-state index contributed by atoms with van der Waals surface area (Å²) in [6.07, 6.45) is 1.05. The number of anilines is 1. The van der Waals surface area contributed by atoms with E-state index < -0.39 is 28.5 Å². The Kier molecular flexibility index (Phi) is 9.53. The fourth-order valence-corrected chi connectivity index (χ4v) is 4.44. The Bertz CT molecular complexity index is 1120. The van der Waals surface area contributed by atoms with Gasteiger partial charge in [0.2, 0.25) is 21.8 Å². The van der Waals surface area contributed by atoms with E-state index in [1.807, 2.05) is 45.0 Å². The molecule has 9 heteroatoms. The van der Waals surface area contributed by atoms with E-state index in [1.165, 1.54) is 11.0 Å². The van der Waals surface area contributed by atoms with E-state index in [9.17, 15) is 18.0 Å². The second-order valence-corrected chi connectivity index (χ2v) is 11.4. The molecule has 2 rings (SSSR count). The SMILES string of the molecule is Cc1ccc(CN(C(=O)CN(c2cc(Cl)ccc2C)S(C)(=O)=O)[C@@H](C)C(=O)NCC(C)C)cc1. The molecule has 0 spiro atoms. The maximum absolute atomic E-state index is 13.5. The van der Waals surface area contributed by atoms with Crippen molar-refractivity contribution in [2.24, 2.45) is 5.92 Å². The van der Waals surface area contributed by atoms with Crippen LogP contribution in [-0.4, -0.2) is 50.5 Å². The maximum atomic E-state index is 13.5. The first-order chi connectivity index (χ1) is 15.8. The van der Waals surface area contributed by atoms with Crippen LogP contribution >= 0.6 is 11.6 Å². The van der Waals surface area contributed by atoms with Crippen LogP contribution in [0.3, 0.4) is 0 Å². The highest BCUT2D eigenvalue weighted by Gasteiger charge is 2.30. The summed E-state index contributed by atoms with van der Waals surface area (Å²) in [5.74, 6) is -0.527. The first-order valence-electron chi connectivity index (χ1n) is 11.2. The molecular formula is C25H34ClN3O4S. The van der Waals surface area contributed by atoms with Gasteiger partial charge in [0.05, 0.1) is 11.9 Å². The van der Waals surface area contributed by atoms with E-state index in [4.69, 9.17) is 11.6 Å². The summed E-state index contributed by atoms with van der Waals surface area (Å²) in [6.45, 7) is 9.53. The molecule has 0 aromatic heterocycles. The number of benzene rings is 2. The Morgan fingerprint density at radius 3 is 2.21 bits per heavy atom. The van der Waals surface area contributed by atoms with Crippen LogP contribution in [0.15, 0.2) is 42.5 Å². The van der Waals surface area contributed by atoms with Crippen LogP contribution in [0, 0.1) is 19.8 Å². The van der Waals surface area contributed by atoms with Crippen molar-refractivity contribution in [3.8, 4) is 0 Å². The zero-order chi connectivity index (χ0) is 25.6. The molecule has 186 valence electrons. The highest BCUT2D eigenvalue weighted by molar-refractivity contribution is 7.92. The Balaban J connectivity index is 2.40. The van der Waals surface area contributed by atoms with Crippen LogP contribution in [-0.2, 0) is 26.2 Å². The molecule has 1 N–H and O–H groups in total. The predicted molar refractivity (Wildman–Crippen MR) is 137 cm³/mol. The van der Waals surface area contributed by atoms with Gasteiger partial charge in [-0.2, -0.15) is 0 Å². The van der Waals surface area contributed by atoms with Crippen molar-refractivity contribution >= 4 is 39.1 Å². The minimum Gasteiger partial charge on any atom is -0.354 e. The minimum atomic E-state index is -3.81. The third-order valence-corrected chi connectivity index (χ3v) is 6.81. The molecule has 1 atom stereocenters. The Morgan fingerprint density at radius 1 is 1.03 bits per heavy atom. The summed E-state index contributed by atoms with van der Waals surface area (Å²) < 4.78 is 26.4. The largest absolute Gasteiger partial charge is 0.354 e. The molecule has 2 amide bonds. The lowest BCUT2D eigenvalue weighted by atomic mass is 10.1. The van der Waals surface area contributed by atoms with Gasteiger partial charge < -0.3 is 10.2 Å². The standard InChI is InChI=1S/C25H34ClN3O4S/c1-17(2)14-27-25(31)20(5)28(15-21-10-7-18(3)8-11-21)24(30)16-29(34(6,32)33)23-13-22(26)12-9-19(23)4/h7-13,17,20H,14-16H2,1-6H3,(H,27,31)/t20-/m0/s1. The number of nitrogens with one attached hydrogen (secondary N) is 1. The highest BCUT2D eigenvalue weighted by atomic mass is 35.5. The zero-order valence-corrected chi connectivity index (χ0v) is 22.2. The summed E-state index contributed by atoms with van der Waals surface area (Å²) >= 11 is 6.11. The zero-order valence-electron chi connectivity index (χ0n) is 20.6. The molecule has 0 radical (unpaired) electrons. The molecule has 0 unspecified atom stereocenters. The molecule has 7 nitrogen and oxygen atoms in total. The van der Waals surface area contributed by atoms with Gasteiger partial charge in [0.15, 0.2) is 0 Å². The van der Waals surface area contributed by atoms with Gasteiger partial charge in [-0.15, -0.1) is 0 Å². The Hall–Kier alpha value is -2.58. The van der Waals surface area contributed by atoms with Crippen LogP contribution in [0.1, 0.15) is 37.5 Å². The number of carbonyl (C=O) groups excluding carboxylic acids is 2. The van der Waals surface area contributed by atoms with Crippen LogP contribution < -0.4 is 9.62 Å². The lowest BCUT2D eigenvalue weighted by Gasteiger charge is -2.32. The van der Waals surface area contributed by atoms with Crippen molar-refractivity contribution in [1.29, 1.82) is 0 Å². The van der Waals surface area contributed by atoms with E-state index in [0.717, 1.165) is 21.7 Å². The van der Waals surface area contributed by atoms with Crippen molar-refractivity contribution in [3.63, 3.8) is 0 Å². The van der Waals surface area contributed by atoms with Crippen LogP contribution in [0.2, 0.25) is 5.02 Å². The van der Waals surface area contributed by atoms with Gasteiger partial charge >= 0.3 is 0 Å². The van der Waals surface area contributed by atoms with E-state index in [1.54, 1.807) is 26.0 Å². The quantitative estimate of drug-likeness (QED) is 0.528. The van der Waals surface area contributed by atoms with Crippen LogP contribution in [0.25, 0.3) is 0 Å². The monoisotopic (exact) mass is 507 g/mol. The Morgan fingerprint density at radius 2 is 1.65 bits per heavy atom. The maximum Gasteiger partial charge on any atom is 0.244 e. The molecule has 0 saturated heterocycles. The third kappa shape index (κ3) is 7.74. The predicted octanol–water partition coefficient (Wildman–Crippen LogP) is 3.91. The van der Waals surface area contributed by atoms with Crippen molar-refractivity contribution in [3.05, 3.63) is 64.2 Å². The van der Waals surface area contributed by atoms with Gasteiger partial charge in [-0.3, -0.25) is 13.9 Å². The molecule has 2 aromatic carbocycles. The van der Waals surface area contributed by atoms with E-state index >= 15 is 0 Å². The number of rotatable bonds is 10. The highest BCUT2D eigenvalue weighted by Crippen LogP contribution is 2.26. The first-order valence-corrected chi connectivity index (χ1v) is 13.4. The van der Waals surface area contributed by atoms with Crippen LogP contribution in [0.5, 0.6) is 0 Å². The molecule has 2 aromatic rings. The lowest BCUT2D eigenvalue weighted by molar-refractivity contribution is -0.139. The average molecular weight is 508 g/mol. The number of sulfonamides is 1. The molecule has 0 aliphatic heterocycles. The number of hydrogen-bond acceptors (Lipinski definition) is 4. The van der Waals surface area contributed by atoms with Crippen molar-refractivity contribution in [2.75, 3.05) is 23.7 Å². The smallest absolute Gasteiger partial charge is 0.244 e. The second-order valence-electron chi connectivity index (χ2n) is 9.02. The number of hydrogen-bond donors (Lipinski definition) is 1. The number of nitrogens with zero attached hydrogens (tertiary/aromatic N) is 2. The minimum absolute atomic E-state index is 0.168. The van der Waals surface area contributed by atoms with Crippen molar-refractivity contribution in [2.45, 2.75) is 47.2 Å². The van der Waals surface area contributed by atoms with E-state index in [2.05, 4.69) is 5.32 Å². The molecule has 0 aliphatic carbocycles. The number of halogens is 1. The van der Waals surface area contributed by atoms with Gasteiger partial charge in [-0.1, -0.05) is 61.3 Å². The summed E-state index contributed by atoms with van der Waals surface area (Å²) in [7, 11) is -3.81. The number of carbonyl (C=O) groups is 2. The normalized spacial score (nSPS) is 12.4. The van der Waals surface area contributed by atoms with Gasteiger partial charge in [0, 0.05) is 18.1 Å². The molecule has 0 heterocycles. The van der Waals surface area contributed by atoms with E-state index in [-0.39, 0.29) is 18.4 Å². The molecule has 34 heavy (non-hydrogen) atoms. The molecule has 0 aliphatic rings. The van der Waals surface area contributed by atoms with Gasteiger partial charge in [-0.25, -0.2) is 8.42 Å². The summed E-state index contributed by atoms with van der Waals surface area (Å²) in [5, 5.41) is 3.22. The first kappa shape index (κ1) is 27.7. The van der Waals surface area contributed by atoms with Gasteiger partial charge in [0.1, 0.15) is 12.6 Å². The summed E-state index contributed by atoms with van der Waals surface area (Å²) in [4.78, 5) is 27.8. The number of aryl methyl sites for hydroxylation is 2. The van der Waals surface area contributed by atoms with Crippen molar-refractivity contribution in [1.82, 2.24) is 10.2 Å². The van der Waals surface area contributed by atoms with Crippen LogP contribution in [0.4, 0.5) is 5.69 Å². The fraction of sp³-hybridized carbons (Fsp3) is 0.440.